The largest absolute Gasteiger partial charge is 0.505 e. The first kappa shape index (κ1) is 10.5. The monoisotopic (exact) mass is 197 g/mol. The zero-order valence-corrected chi connectivity index (χ0v) is 8.12. The summed E-state index contributed by atoms with van der Waals surface area (Å²) in [7, 11) is 3.28. The lowest BCUT2D eigenvalue weighted by molar-refractivity contribution is -0.127. The van der Waals surface area contributed by atoms with Gasteiger partial charge >= 0.3 is 0 Å². The van der Waals surface area contributed by atoms with Crippen molar-refractivity contribution in [3.63, 3.8) is 0 Å². The van der Waals surface area contributed by atoms with Gasteiger partial charge in [-0.1, -0.05) is 6.07 Å². The summed E-state index contributed by atoms with van der Waals surface area (Å²) in [5.74, 6) is -1.20. The van der Waals surface area contributed by atoms with Crippen LogP contribution in [-0.4, -0.2) is 30.0 Å². The van der Waals surface area contributed by atoms with Crippen LogP contribution in [0.15, 0.2) is 18.2 Å². The minimum atomic E-state index is -0.700. The highest BCUT2D eigenvalue weighted by molar-refractivity contribution is 5.78. The molecule has 0 aliphatic heterocycles. The molecule has 3 nitrogen and oxygen atoms in total. The van der Waals surface area contributed by atoms with Gasteiger partial charge < -0.3 is 10.0 Å². The maximum atomic E-state index is 12.9. The predicted octanol–water partition coefficient (Wildman–Crippen LogP) is 1.16. The summed E-state index contributed by atoms with van der Waals surface area (Å²) in [4.78, 5) is 12.7. The van der Waals surface area contributed by atoms with Crippen molar-refractivity contribution in [3.05, 3.63) is 29.6 Å². The summed E-state index contributed by atoms with van der Waals surface area (Å²) in [5.41, 5.74) is 0.555. The van der Waals surface area contributed by atoms with Crippen LogP contribution in [0.25, 0.3) is 0 Å². The molecule has 0 unspecified atom stereocenters. The highest BCUT2D eigenvalue weighted by atomic mass is 19.1. The van der Waals surface area contributed by atoms with E-state index in [0.29, 0.717) is 5.56 Å². The van der Waals surface area contributed by atoms with Gasteiger partial charge in [-0.3, -0.25) is 4.79 Å². The Morgan fingerprint density at radius 1 is 1.50 bits per heavy atom. The van der Waals surface area contributed by atoms with Crippen molar-refractivity contribution >= 4 is 5.91 Å². The summed E-state index contributed by atoms with van der Waals surface area (Å²) in [6.45, 7) is 0. The predicted molar refractivity (Wildman–Crippen MR) is 50.5 cm³/mol. The summed E-state index contributed by atoms with van der Waals surface area (Å²) < 4.78 is 12.9. The average Bonchev–Trinajstić information content (AvgIpc) is 2.11. The number of rotatable bonds is 2. The number of benzene rings is 1. The first-order chi connectivity index (χ1) is 6.50. The Kier molecular flexibility index (Phi) is 3.06. The zero-order valence-electron chi connectivity index (χ0n) is 8.12. The Labute approximate surface area is 81.8 Å². The Morgan fingerprint density at radius 3 is 2.64 bits per heavy atom. The van der Waals surface area contributed by atoms with Crippen LogP contribution in [0.4, 0.5) is 4.39 Å². The number of hydrogen-bond acceptors (Lipinski definition) is 2. The maximum Gasteiger partial charge on any atom is 0.226 e. The Balaban J connectivity index is 2.78. The van der Waals surface area contributed by atoms with Crippen LogP contribution in [0.2, 0.25) is 0 Å². The molecule has 0 saturated carbocycles. The molecule has 0 aliphatic carbocycles. The fourth-order valence-corrected chi connectivity index (χ4v) is 0.993. The minimum Gasteiger partial charge on any atom is -0.505 e. The van der Waals surface area contributed by atoms with Crippen LogP contribution in [0.5, 0.6) is 5.75 Å². The highest BCUT2D eigenvalue weighted by Gasteiger charge is 2.07. The molecule has 0 radical (unpaired) electrons. The number of aromatic hydroxyl groups is 1. The van der Waals surface area contributed by atoms with E-state index in [9.17, 15) is 9.18 Å². The molecule has 0 atom stereocenters. The van der Waals surface area contributed by atoms with E-state index in [1.807, 2.05) is 0 Å². The average molecular weight is 197 g/mol. The molecule has 1 N–H and O–H groups in total. The van der Waals surface area contributed by atoms with Crippen molar-refractivity contribution in [3.8, 4) is 5.75 Å². The van der Waals surface area contributed by atoms with Crippen molar-refractivity contribution in [2.45, 2.75) is 6.42 Å². The molecular weight excluding hydrogens is 185 g/mol. The number of likely N-dealkylation sites (N-methyl/N-ethyl adjacent to an activating group) is 1. The second-order valence-corrected chi connectivity index (χ2v) is 3.25. The van der Waals surface area contributed by atoms with Crippen LogP contribution in [-0.2, 0) is 11.2 Å². The van der Waals surface area contributed by atoms with Gasteiger partial charge in [0, 0.05) is 14.1 Å². The number of amides is 1. The topological polar surface area (TPSA) is 40.5 Å². The molecule has 0 fully saturated rings. The van der Waals surface area contributed by atoms with E-state index in [1.165, 1.54) is 17.0 Å². The second-order valence-electron chi connectivity index (χ2n) is 3.25. The lowest BCUT2D eigenvalue weighted by atomic mass is 10.1. The highest BCUT2D eigenvalue weighted by Crippen LogP contribution is 2.16. The van der Waals surface area contributed by atoms with E-state index in [0.717, 1.165) is 6.07 Å². The van der Waals surface area contributed by atoms with E-state index in [2.05, 4.69) is 0 Å². The zero-order chi connectivity index (χ0) is 10.7. The van der Waals surface area contributed by atoms with E-state index < -0.39 is 11.6 Å². The van der Waals surface area contributed by atoms with Gasteiger partial charge in [0.1, 0.15) is 0 Å². The number of hydrogen-bond donors (Lipinski definition) is 1. The van der Waals surface area contributed by atoms with Crippen LogP contribution in [0, 0.1) is 5.82 Å². The van der Waals surface area contributed by atoms with Crippen molar-refractivity contribution < 1.29 is 14.3 Å². The Bertz CT molecular complexity index is 350. The fraction of sp³-hybridized carbons (Fsp3) is 0.300. The van der Waals surface area contributed by atoms with Crippen LogP contribution < -0.4 is 0 Å². The normalized spacial score (nSPS) is 9.93. The summed E-state index contributed by atoms with van der Waals surface area (Å²) in [5, 5.41) is 8.92. The van der Waals surface area contributed by atoms with Gasteiger partial charge in [0.15, 0.2) is 11.6 Å². The lowest BCUT2D eigenvalue weighted by Crippen LogP contribution is -2.23. The second kappa shape index (κ2) is 4.09. The van der Waals surface area contributed by atoms with Crippen LogP contribution in [0.3, 0.4) is 0 Å². The van der Waals surface area contributed by atoms with Gasteiger partial charge in [-0.15, -0.1) is 0 Å². The molecule has 1 aromatic carbocycles. The smallest absolute Gasteiger partial charge is 0.226 e. The van der Waals surface area contributed by atoms with Crippen molar-refractivity contribution in [2.24, 2.45) is 0 Å². The third-order valence-corrected chi connectivity index (χ3v) is 1.87. The first-order valence-electron chi connectivity index (χ1n) is 4.18. The molecule has 0 aliphatic rings. The van der Waals surface area contributed by atoms with Crippen molar-refractivity contribution in [1.29, 1.82) is 0 Å². The van der Waals surface area contributed by atoms with Gasteiger partial charge in [-0.2, -0.15) is 0 Å². The van der Waals surface area contributed by atoms with E-state index >= 15 is 0 Å². The summed E-state index contributed by atoms with van der Waals surface area (Å²) >= 11 is 0. The molecule has 0 aromatic heterocycles. The molecular formula is C10H12FNO2. The Hall–Kier alpha value is -1.58. The van der Waals surface area contributed by atoms with Gasteiger partial charge in [-0.25, -0.2) is 4.39 Å². The standard InChI is InChI=1S/C10H12FNO2/c1-12(2)10(14)6-7-3-4-9(13)8(11)5-7/h3-5,13H,6H2,1-2H3. The van der Waals surface area contributed by atoms with Crippen molar-refractivity contribution in [2.75, 3.05) is 14.1 Å². The number of nitrogens with zero attached hydrogens (tertiary/aromatic N) is 1. The molecule has 76 valence electrons. The molecule has 0 heterocycles. The third kappa shape index (κ3) is 2.45. The number of phenolic OH excluding ortho intramolecular Hbond substituents is 1. The molecule has 1 rings (SSSR count). The summed E-state index contributed by atoms with van der Waals surface area (Å²) in [6, 6.07) is 3.93. The minimum absolute atomic E-state index is 0.102. The van der Waals surface area contributed by atoms with E-state index in [1.54, 1.807) is 14.1 Å². The van der Waals surface area contributed by atoms with Gasteiger partial charge in [-0.05, 0) is 17.7 Å². The van der Waals surface area contributed by atoms with Gasteiger partial charge in [0.25, 0.3) is 0 Å². The molecule has 0 bridgehead atoms. The SMILES string of the molecule is CN(C)C(=O)Cc1ccc(O)c(F)c1. The Morgan fingerprint density at radius 2 is 2.14 bits per heavy atom. The number of halogens is 1. The van der Waals surface area contributed by atoms with Crippen molar-refractivity contribution in [1.82, 2.24) is 4.90 Å². The molecule has 4 heteroatoms. The lowest BCUT2D eigenvalue weighted by Gasteiger charge is -2.09. The van der Waals surface area contributed by atoms with E-state index in [4.69, 9.17) is 5.11 Å². The molecule has 1 amide bonds. The van der Waals surface area contributed by atoms with Gasteiger partial charge in [0.05, 0.1) is 6.42 Å². The number of carbonyl (C=O) groups excluding carboxylic acids is 1. The molecule has 0 spiro atoms. The number of carbonyl (C=O) groups is 1. The van der Waals surface area contributed by atoms with E-state index in [-0.39, 0.29) is 12.3 Å². The van der Waals surface area contributed by atoms with Crippen LogP contribution in [0.1, 0.15) is 5.56 Å². The summed E-state index contributed by atoms with van der Waals surface area (Å²) in [6.07, 6.45) is 0.143. The third-order valence-electron chi connectivity index (χ3n) is 1.87. The first-order valence-corrected chi connectivity index (χ1v) is 4.18. The number of phenols is 1. The molecule has 1 aromatic rings. The molecule has 0 saturated heterocycles. The fourth-order valence-electron chi connectivity index (χ4n) is 0.993. The van der Waals surface area contributed by atoms with Crippen LogP contribution >= 0.6 is 0 Å². The molecule has 14 heavy (non-hydrogen) atoms. The van der Waals surface area contributed by atoms with Gasteiger partial charge in [0.2, 0.25) is 5.91 Å². The maximum absolute atomic E-state index is 12.9. The quantitative estimate of drug-likeness (QED) is 0.772.